The Morgan fingerprint density at radius 3 is 2.67 bits per heavy atom. The van der Waals surface area contributed by atoms with Crippen LogP contribution in [0, 0.1) is 12.8 Å². The second-order valence-electron chi connectivity index (χ2n) is 5.57. The van der Waals surface area contributed by atoms with E-state index >= 15 is 0 Å². The Morgan fingerprint density at radius 1 is 1.29 bits per heavy atom. The average molecular weight is 324 g/mol. The monoisotopic (exact) mass is 323 g/mol. The van der Waals surface area contributed by atoms with Gasteiger partial charge in [0.05, 0.1) is 11.2 Å². The lowest BCUT2D eigenvalue weighted by molar-refractivity contribution is 0.319. The second kappa shape index (κ2) is 7.36. The lowest BCUT2D eigenvalue weighted by Crippen LogP contribution is -2.23. The highest BCUT2D eigenvalue weighted by Gasteiger charge is 2.32. The minimum atomic E-state index is 0. The van der Waals surface area contributed by atoms with Gasteiger partial charge < -0.3 is 5.73 Å². The van der Waals surface area contributed by atoms with Gasteiger partial charge in [0.15, 0.2) is 0 Å². The zero-order valence-electron chi connectivity index (χ0n) is 12.2. The quantitative estimate of drug-likeness (QED) is 0.940. The van der Waals surface area contributed by atoms with Gasteiger partial charge in [-0.05, 0) is 24.9 Å². The summed E-state index contributed by atoms with van der Waals surface area (Å²) in [5.41, 5.74) is 10.5. The molecule has 2 heterocycles. The topological polar surface area (TPSA) is 42.2 Å². The molecule has 1 aromatic heterocycles. The summed E-state index contributed by atoms with van der Waals surface area (Å²) in [5, 5.41) is 0. The second-order valence-corrected chi connectivity index (χ2v) is 6.51. The van der Waals surface area contributed by atoms with Gasteiger partial charge >= 0.3 is 0 Å². The maximum Gasteiger partial charge on any atom is 0.0798 e. The van der Waals surface area contributed by atoms with E-state index in [-0.39, 0.29) is 12.4 Å². The van der Waals surface area contributed by atoms with Crippen molar-refractivity contribution in [1.29, 1.82) is 0 Å². The number of nitrogens with two attached hydrogens (primary N) is 1. The lowest BCUT2D eigenvalue weighted by atomic mass is 9.89. The molecular formula is C16H22ClN3S. The third-order valence-electron chi connectivity index (χ3n) is 4.26. The normalized spacial score (nSPS) is 22.2. The molecule has 2 N–H and O–H groups in total. The zero-order valence-corrected chi connectivity index (χ0v) is 13.9. The molecule has 0 amide bonds. The van der Waals surface area contributed by atoms with Crippen LogP contribution < -0.4 is 5.73 Å². The first-order chi connectivity index (χ1) is 9.78. The van der Waals surface area contributed by atoms with Gasteiger partial charge in [0.1, 0.15) is 0 Å². The molecule has 0 aliphatic carbocycles. The van der Waals surface area contributed by atoms with Crippen molar-refractivity contribution in [2.45, 2.75) is 19.4 Å². The number of halogens is 1. The molecular weight excluding hydrogens is 302 g/mol. The Bertz CT molecular complexity index is 558. The third-order valence-corrected chi connectivity index (χ3v) is 5.18. The molecule has 1 saturated heterocycles. The molecule has 2 atom stereocenters. The van der Waals surface area contributed by atoms with Gasteiger partial charge in [0.25, 0.3) is 0 Å². The van der Waals surface area contributed by atoms with Gasteiger partial charge in [-0.2, -0.15) is 0 Å². The predicted octanol–water partition coefficient (Wildman–Crippen LogP) is 3.05. The fourth-order valence-corrected chi connectivity index (χ4v) is 3.91. The van der Waals surface area contributed by atoms with Crippen molar-refractivity contribution in [3.05, 3.63) is 52.0 Å². The molecule has 0 spiro atoms. The van der Waals surface area contributed by atoms with Gasteiger partial charge in [-0.1, -0.05) is 30.3 Å². The number of hydrogen-bond acceptors (Lipinski definition) is 4. The van der Waals surface area contributed by atoms with Crippen molar-refractivity contribution in [3.63, 3.8) is 0 Å². The molecule has 2 aromatic rings. The molecule has 0 radical (unpaired) electrons. The highest BCUT2D eigenvalue weighted by atomic mass is 35.5. The summed E-state index contributed by atoms with van der Waals surface area (Å²) < 4.78 is 0. The highest BCUT2D eigenvalue weighted by molar-refractivity contribution is 7.09. The van der Waals surface area contributed by atoms with Crippen LogP contribution in [0.25, 0.3) is 0 Å². The summed E-state index contributed by atoms with van der Waals surface area (Å²) in [5.74, 6) is 1.13. The zero-order chi connectivity index (χ0) is 13.9. The largest absolute Gasteiger partial charge is 0.330 e. The molecule has 114 valence electrons. The number of nitrogens with zero attached hydrogens (tertiary/aromatic N) is 2. The first kappa shape index (κ1) is 16.4. The van der Waals surface area contributed by atoms with Crippen molar-refractivity contribution in [2.75, 3.05) is 19.6 Å². The van der Waals surface area contributed by atoms with Gasteiger partial charge in [-0.3, -0.25) is 4.90 Å². The standard InChI is InChI=1S/C16H21N3S.ClH/c1-12-16(20-11-18-12)10-19-8-14(7-17)15(9-19)13-5-3-2-4-6-13;/h2-6,11,14-15H,7-10,17H2,1H3;1H/t14-,15+;/m1./s1. The maximum absolute atomic E-state index is 5.99. The molecule has 1 aliphatic rings. The summed E-state index contributed by atoms with van der Waals surface area (Å²) in [6.45, 7) is 6.06. The predicted molar refractivity (Wildman–Crippen MR) is 91.1 cm³/mol. The van der Waals surface area contributed by atoms with E-state index in [0.29, 0.717) is 11.8 Å². The van der Waals surface area contributed by atoms with Crippen LogP contribution >= 0.6 is 23.7 Å². The number of aromatic nitrogens is 1. The van der Waals surface area contributed by atoms with Crippen LogP contribution in [-0.2, 0) is 6.54 Å². The number of thiazole rings is 1. The van der Waals surface area contributed by atoms with Crippen molar-refractivity contribution in [2.24, 2.45) is 11.7 Å². The van der Waals surface area contributed by atoms with E-state index in [9.17, 15) is 0 Å². The molecule has 3 rings (SSSR count). The fourth-order valence-electron chi connectivity index (χ4n) is 3.09. The molecule has 3 nitrogen and oxygen atoms in total. The summed E-state index contributed by atoms with van der Waals surface area (Å²) in [7, 11) is 0. The minimum Gasteiger partial charge on any atom is -0.330 e. The fraction of sp³-hybridized carbons (Fsp3) is 0.438. The highest BCUT2D eigenvalue weighted by Crippen LogP contribution is 2.33. The van der Waals surface area contributed by atoms with Crippen molar-refractivity contribution >= 4 is 23.7 Å². The van der Waals surface area contributed by atoms with Crippen molar-refractivity contribution in [3.8, 4) is 0 Å². The van der Waals surface area contributed by atoms with Crippen LogP contribution in [0.1, 0.15) is 22.1 Å². The number of likely N-dealkylation sites (tertiary alicyclic amines) is 1. The molecule has 1 aromatic carbocycles. The van der Waals surface area contributed by atoms with E-state index < -0.39 is 0 Å². The Kier molecular flexibility index (Phi) is 5.76. The van der Waals surface area contributed by atoms with E-state index in [1.807, 2.05) is 5.51 Å². The number of aryl methyl sites for hydroxylation is 1. The van der Waals surface area contributed by atoms with Gasteiger partial charge in [-0.25, -0.2) is 4.98 Å². The van der Waals surface area contributed by atoms with Gasteiger partial charge in [0, 0.05) is 30.4 Å². The van der Waals surface area contributed by atoms with Crippen LogP contribution in [0.5, 0.6) is 0 Å². The smallest absolute Gasteiger partial charge is 0.0798 e. The van der Waals surface area contributed by atoms with Crippen molar-refractivity contribution in [1.82, 2.24) is 9.88 Å². The Labute approximate surface area is 136 Å². The van der Waals surface area contributed by atoms with Crippen LogP contribution in [0.2, 0.25) is 0 Å². The molecule has 5 heteroatoms. The van der Waals surface area contributed by atoms with E-state index in [4.69, 9.17) is 5.73 Å². The molecule has 0 bridgehead atoms. The SMILES string of the molecule is Cc1ncsc1CN1C[C@@H](CN)[C@H](c2ccccc2)C1.Cl. The lowest BCUT2D eigenvalue weighted by Gasteiger charge is -2.16. The van der Waals surface area contributed by atoms with E-state index in [1.54, 1.807) is 11.3 Å². The average Bonchev–Trinajstić information content (AvgIpc) is 3.07. The van der Waals surface area contributed by atoms with Crippen LogP contribution in [0.4, 0.5) is 0 Å². The Hall–Kier alpha value is -0.940. The Balaban J connectivity index is 0.00000161. The van der Waals surface area contributed by atoms with Crippen LogP contribution in [0.3, 0.4) is 0 Å². The van der Waals surface area contributed by atoms with Crippen LogP contribution in [-0.4, -0.2) is 29.5 Å². The first-order valence-corrected chi connectivity index (χ1v) is 8.02. The molecule has 0 saturated carbocycles. The van der Waals surface area contributed by atoms with E-state index in [2.05, 4.69) is 47.1 Å². The van der Waals surface area contributed by atoms with Gasteiger partial charge in [0.2, 0.25) is 0 Å². The summed E-state index contributed by atoms with van der Waals surface area (Å²) in [6.07, 6.45) is 0. The van der Waals surface area contributed by atoms with E-state index in [0.717, 1.165) is 26.2 Å². The van der Waals surface area contributed by atoms with E-state index in [1.165, 1.54) is 16.1 Å². The van der Waals surface area contributed by atoms with Crippen LogP contribution in [0.15, 0.2) is 35.8 Å². The number of rotatable bonds is 4. The number of hydrogen-bond donors (Lipinski definition) is 1. The molecule has 1 fully saturated rings. The molecule has 0 unspecified atom stereocenters. The molecule has 1 aliphatic heterocycles. The van der Waals surface area contributed by atoms with Gasteiger partial charge in [-0.15, -0.1) is 23.7 Å². The summed E-state index contributed by atoms with van der Waals surface area (Å²) in [4.78, 5) is 8.25. The molecule has 21 heavy (non-hydrogen) atoms. The maximum atomic E-state index is 5.99. The summed E-state index contributed by atoms with van der Waals surface area (Å²) in [6, 6.07) is 10.8. The first-order valence-electron chi connectivity index (χ1n) is 7.14. The van der Waals surface area contributed by atoms with Crippen molar-refractivity contribution < 1.29 is 0 Å². The third kappa shape index (κ3) is 3.64. The number of benzene rings is 1. The minimum absolute atomic E-state index is 0. The summed E-state index contributed by atoms with van der Waals surface area (Å²) >= 11 is 1.76. The Morgan fingerprint density at radius 2 is 2.05 bits per heavy atom.